The number of rotatable bonds is 4. The van der Waals surface area contributed by atoms with Crippen LogP contribution in [0.15, 0.2) is 35.9 Å². The topological polar surface area (TPSA) is 90.5 Å². The first-order valence-corrected chi connectivity index (χ1v) is 11.3. The third-order valence-electron chi connectivity index (χ3n) is 5.57. The molecule has 0 bridgehead atoms. The molecule has 2 aliphatic rings. The van der Waals surface area contributed by atoms with Gasteiger partial charge in [-0.2, -0.15) is 0 Å². The summed E-state index contributed by atoms with van der Waals surface area (Å²) < 4.78 is 0. The van der Waals surface area contributed by atoms with Gasteiger partial charge in [-0.3, -0.25) is 9.59 Å². The van der Waals surface area contributed by atoms with Crippen molar-refractivity contribution in [1.29, 1.82) is 0 Å². The number of nitrogens with zero attached hydrogens (tertiary/aromatic N) is 1. The van der Waals surface area contributed by atoms with Gasteiger partial charge in [-0.05, 0) is 54.8 Å². The summed E-state index contributed by atoms with van der Waals surface area (Å²) in [6.45, 7) is 6.39. The number of carbonyl (C=O) groups is 3. The summed E-state index contributed by atoms with van der Waals surface area (Å²) in [5.74, 6) is -0.306. The van der Waals surface area contributed by atoms with E-state index < -0.39 is 6.04 Å². The average Bonchev–Trinajstić information content (AvgIpc) is 3.21. The van der Waals surface area contributed by atoms with E-state index in [9.17, 15) is 14.4 Å². The van der Waals surface area contributed by atoms with Crippen LogP contribution in [0.3, 0.4) is 0 Å². The van der Waals surface area contributed by atoms with Crippen LogP contribution < -0.4 is 16.0 Å². The van der Waals surface area contributed by atoms with Gasteiger partial charge in [-0.15, -0.1) is 11.3 Å². The molecular formula is C22H23ClN4O3S. The fourth-order valence-electron chi connectivity index (χ4n) is 3.82. The average molecular weight is 459 g/mol. The van der Waals surface area contributed by atoms with E-state index >= 15 is 0 Å². The molecule has 162 valence electrons. The zero-order valence-corrected chi connectivity index (χ0v) is 18.7. The lowest BCUT2D eigenvalue weighted by Gasteiger charge is -2.25. The lowest BCUT2D eigenvalue weighted by molar-refractivity contribution is -0.124. The number of thiophene rings is 1. The van der Waals surface area contributed by atoms with Crippen molar-refractivity contribution < 1.29 is 14.4 Å². The summed E-state index contributed by atoms with van der Waals surface area (Å²) in [6.07, 6.45) is 2.14. The number of allylic oxidation sites excluding steroid dienone is 1. The number of fused-ring (bicyclic) bond motifs is 1. The second kappa shape index (κ2) is 8.72. The van der Waals surface area contributed by atoms with E-state index in [0.29, 0.717) is 34.2 Å². The van der Waals surface area contributed by atoms with Crippen LogP contribution in [0.1, 0.15) is 45.6 Å². The zero-order chi connectivity index (χ0) is 22.1. The number of carbonyl (C=O) groups excluding carboxylic acids is 3. The maximum atomic E-state index is 12.9. The first-order valence-electron chi connectivity index (χ1n) is 10.0. The number of urea groups is 1. The molecule has 0 saturated carbocycles. The van der Waals surface area contributed by atoms with Gasteiger partial charge >= 0.3 is 6.03 Å². The highest BCUT2D eigenvalue weighted by Gasteiger charge is 2.39. The molecule has 1 saturated heterocycles. The first kappa shape index (κ1) is 21.4. The Balaban J connectivity index is 1.40. The molecule has 0 aliphatic carbocycles. The Morgan fingerprint density at radius 1 is 1.39 bits per heavy atom. The lowest BCUT2D eigenvalue weighted by atomic mass is 10.1. The predicted octanol–water partition coefficient (Wildman–Crippen LogP) is 4.17. The monoisotopic (exact) mass is 458 g/mol. The molecule has 0 unspecified atom stereocenters. The number of amides is 4. The third-order valence-corrected chi connectivity index (χ3v) is 7.03. The van der Waals surface area contributed by atoms with E-state index in [1.165, 1.54) is 11.3 Å². The van der Waals surface area contributed by atoms with Crippen LogP contribution in [-0.4, -0.2) is 28.8 Å². The maximum absolute atomic E-state index is 12.9. The second-order valence-corrected chi connectivity index (χ2v) is 9.06. The van der Waals surface area contributed by atoms with Crippen molar-refractivity contribution in [2.45, 2.75) is 45.3 Å². The molecule has 0 radical (unpaired) electrons. The van der Waals surface area contributed by atoms with E-state index in [1.54, 1.807) is 17.0 Å². The molecule has 31 heavy (non-hydrogen) atoms. The Kier molecular flexibility index (Phi) is 6.02. The highest BCUT2D eigenvalue weighted by atomic mass is 35.5. The van der Waals surface area contributed by atoms with Gasteiger partial charge in [-0.25, -0.2) is 4.79 Å². The highest BCUT2D eigenvalue weighted by molar-refractivity contribution is 7.12. The van der Waals surface area contributed by atoms with E-state index in [-0.39, 0.29) is 24.4 Å². The molecule has 3 N–H and O–H groups in total. The number of hydrogen-bond acceptors (Lipinski definition) is 4. The highest BCUT2D eigenvalue weighted by Crippen LogP contribution is 2.34. The van der Waals surface area contributed by atoms with Crippen molar-refractivity contribution in [2.24, 2.45) is 0 Å². The minimum absolute atomic E-state index is 0.127. The summed E-state index contributed by atoms with van der Waals surface area (Å²) >= 11 is 7.45. The fourth-order valence-corrected chi connectivity index (χ4v) is 5.04. The number of nitrogens with one attached hydrogen (secondary N) is 3. The molecule has 1 aromatic carbocycles. The fraction of sp³-hybridized carbons (Fsp3) is 0.318. The summed E-state index contributed by atoms with van der Waals surface area (Å²) in [5.41, 5.74) is 3.99. The second-order valence-electron chi connectivity index (χ2n) is 7.77. The van der Waals surface area contributed by atoms with Crippen molar-refractivity contribution >= 4 is 46.5 Å². The van der Waals surface area contributed by atoms with Crippen molar-refractivity contribution in [1.82, 2.24) is 15.5 Å². The molecule has 0 spiro atoms. The standard InChI is InChI=1S/C22H23ClN4O3S/c1-12-6-7-15(8-17(12)23)26-22(30)24-9-14-11-31-19-16(14)10-27(21(19)29)18-5-3-4-13(2)25-20(18)28/h6-8,11,18H,2-5,9-10H2,1H3,(H,25,28)(H2,24,26,30)/t18-/m0/s1. The molecule has 1 fully saturated rings. The van der Waals surface area contributed by atoms with Crippen molar-refractivity contribution in [3.63, 3.8) is 0 Å². The predicted molar refractivity (Wildman–Crippen MR) is 121 cm³/mol. The Hall–Kier alpha value is -2.84. The molecule has 3 heterocycles. The third kappa shape index (κ3) is 4.45. The molecule has 2 aromatic rings. The Morgan fingerprint density at radius 2 is 2.19 bits per heavy atom. The van der Waals surface area contributed by atoms with Gasteiger partial charge in [0.05, 0.1) is 4.88 Å². The van der Waals surface area contributed by atoms with Gasteiger partial charge in [0.25, 0.3) is 5.91 Å². The summed E-state index contributed by atoms with van der Waals surface area (Å²) in [7, 11) is 0. The molecule has 1 aromatic heterocycles. The van der Waals surface area contributed by atoms with Crippen LogP contribution in [0.25, 0.3) is 0 Å². The summed E-state index contributed by atoms with van der Waals surface area (Å²) in [6, 6.07) is 4.46. The summed E-state index contributed by atoms with van der Waals surface area (Å²) in [4.78, 5) is 40.0. The number of benzene rings is 1. The van der Waals surface area contributed by atoms with Gasteiger partial charge in [0.2, 0.25) is 5.91 Å². The molecule has 1 atom stereocenters. The van der Waals surface area contributed by atoms with Crippen LogP contribution >= 0.6 is 22.9 Å². The largest absolute Gasteiger partial charge is 0.334 e. The smallest absolute Gasteiger partial charge is 0.319 e. The van der Waals surface area contributed by atoms with Gasteiger partial charge in [-0.1, -0.05) is 24.2 Å². The molecular weight excluding hydrogens is 436 g/mol. The van der Waals surface area contributed by atoms with Crippen LogP contribution in [0.5, 0.6) is 0 Å². The molecule has 4 rings (SSSR count). The van der Waals surface area contributed by atoms with Crippen molar-refractivity contribution in [3.05, 3.63) is 62.4 Å². The van der Waals surface area contributed by atoms with Crippen LogP contribution in [0, 0.1) is 6.92 Å². The van der Waals surface area contributed by atoms with Gasteiger partial charge in [0, 0.05) is 35.1 Å². The van der Waals surface area contributed by atoms with E-state index in [0.717, 1.165) is 29.5 Å². The Morgan fingerprint density at radius 3 is 2.97 bits per heavy atom. The van der Waals surface area contributed by atoms with Crippen LogP contribution in [-0.2, 0) is 17.9 Å². The molecule has 4 amide bonds. The van der Waals surface area contributed by atoms with E-state index in [2.05, 4.69) is 22.5 Å². The van der Waals surface area contributed by atoms with Crippen molar-refractivity contribution in [2.75, 3.05) is 5.32 Å². The number of aryl methyl sites for hydroxylation is 1. The quantitative estimate of drug-likeness (QED) is 0.642. The number of anilines is 1. The SMILES string of the molecule is C=C1CCC[C@H](N2Cc3c(CNC(=O)Nc4ccc(C)c(Cl)c4)csc3C2=O)C(=O)N1. The number of hydrogen-bond donors (Lipinski definition) is 3. The minimum Gasteiger partial charge on any atom is -0.334 e. The van der Waals surface area contributed by atoms with E-state index in [1.807, 2.05) is 18.4 Å². The molecule has 9 heteroatoms. The molecule has 2 aliphatic heterocycles. The minimum atomic E-state index is -0.498. The molecule has 7 nitrogen and oxygen atoms in total. The van der Waals surface area contributed by atoms with Crippen molar-refractivity contribution in [3.8, 4) is 0 Å². The van der Waals surface area contributed by atoms with Gasteiger partial charge < -0.3 is 20.9 Å². The normalized spacial score (nSPS) is 18.5. The van der Waals surface area contributed by atoms with Crippen LogP contribution in [0.2, 0.25) is 5.02 Å². The summed E-state index contributed by atoms with van der Waals surface area (Å²) in [5, 5.41) is 10.8. The first-order chi connectivity index (χ1) is 14.8. The maximum Gasteiger partial charge on any atom is 0.319 e. The number of halogens is 1. The Bertz CT molecular complexity index is 1080. The zero-order valence-electron chi connectivity index (χ0n) is 17.1. The lowest BCUT2D eigenvalue weighted by Crippen LogP contribution is -2.45. The van der Waals surface area contributed by atoms with Crippen LogP contribution in [0.4, 0.5) is 10.5 Å². The van der Waals surface area contributed by atoms with Gasteiger partial charge in [0.15, 0.2) is 0 Å². The van der Waals surface area contributed by atoms with E-state index in [4.69, 9.17) is 11.6 Å². The van der Waals surface area contributed by atoms with Gasteiger partial charge in [0.1, 0.15) is 6.04 Å². The Labute approximate surface area is 189 Å².